The van der Waals surface area contributed by atoms with Crippen molar-refractivity contribution >= 4 is 34.2 Å². The monoisotopic (exact) mass is 284 g/mol. The van der Waals surface area contributed by atoms with Gasteiger partial charge in [0, 0.05) is 11.2 Å². The first-order valence-electron chi connectivity index (χ1n) is 4.95. The first-order chi connectivity index (χ1) is 8.56. The van der Waals surface area contributed by atoms with Crippen molar-refractivity contribution < 1.29 is 15.0 Å². The highest BCUT2D eigenvalue weighted by atomic mass is 35.5. The molecule has 5 nitrogen and oxygen atoms in total. The second-order valence-electron chi connectivity index (χ2n) is 3.45. The number of aliphatic hydroxyl groups excluding tert-OH is 1. The summed E-state index contributed by atoms with van der Waals surface area (Å²) >= 11 is 6.84. The Morgan fingerprint density at radius 3 is 2.67 bits per heavy atom. The summed E-state index contributed by atoms with van der Waals surface area (Å²) in [5.74, 6) is 0. The van der Waals surface area contributed by atoms with Crippen LogP contribution in [0.2, 0.25) is 5.02 Å². The van der Waals surface area contributed by atoms with Crippen LogP contribution in [0.1, 0.15) is 16.5 Å². The molecule has 18 heavy (non-hydrogen) atoms. The molecule has 2 aromatic rings. The highest BCUT2D eigenvalue weighted by molar-refractivity contribution is 7.15. The first kappa shape index (κ1) is 12.8. The van der Waals surface area contributed by atoms with Gasteiger partial charge in [0.2, 0.25) is 0 Å². The van der Waals surface area contributed by atoms with Crippen LogP contribution in [0.15, 0.2) is 30.5 Å². The molecule has 1 atom stereocenters. The van der Waals surface area contributed by atoms with Crippen molar-refractivity contribution in [1.29, 1.82) is 0 Å². The molecule has 2 rings (SSSR count). The van der Waals surface area contributed by atoms with E-state index in [2.05, 4.69) is 10.3 Å². The van der Waals surface area contributed by atoms with E-state index in [4.69, 9.17) is 16.7 Å². The van der Waals surface area contributed by atoms with Crippen LogP contribution in [0.4, 0.5) is 9.93 Å². The number of hydrogen-bond acceptors (Lipinski definition) is 4. The third-order valence-corrected chi connectivity index (χ3v) is 3.41. The number of nitrogens with zero attached hydrogens (tertiary/aromatic N) is 1. The lowest BCUT2D eigenvalue weighted by Gasteiger charge is -2.07. The third-order valence-electron chi connectivity index (χ3n) is 2.19. The molecule has 0 aliphatic rings. The van der Waals surface area contributed by atoms with E-state index in [0.29, 0.717) is 15.5 Å². The number of aliphatic hydroxyl groups is 1. The number of thiazole rings is 1. The van der Waals surface area contributed by atoms with Crippen LogP contribution in [0.5, 0.6) is 0 Å². The number of anilines is 1. The van der Waals surface area contributed by atoms with Crippen molar-refractivity contribution in [2.75, 3.05) is 5.32 Å². The van der Waals surface area contributed by atoms with Gasteiger partial charge in [-0.25, -0.2) is 9.78 Å². The predicted octanol–water partition coefficient (Wildman–Crippen LogP) is 2.97. The molecule has 0 fully saturated rings. The minimum atomic E-state index is -1.18. The summed E-state index contributed by atoms with van der Waals surface area (Å²) in [4.78, 5) is 14.9. The number of amides is 1. The number of benzene rings is 1. The Bertz CT molecular complexity index is 556. The van der Waals surface area contributed by atoms with Gasteiger partial charge in [0.25, 0.3) is 0 Å². The molecule has 0 bridgehead atoms. The molecule has 1 heterocycles. The molecule has 94 valence electrons. The topological polar surface area (TPSA) is 82.5 Å². The van der Waals surface area contributed by atoms with E-state index in [-0.39, 0.29) is 5.13 Å². The first-order valence-corrected chi connectivity index (χ1v) is 6.15. The molecule has 3 N–H and O–H groups in total. The highest BCUT2D eigenvalue weighted by Gasteiger charge is 2.14. The molecule has 1 aromatic carbocycles. The fourth-order valence-electron chi connectivity index (χ4n) is 1.37. The number of hydrogen-bond donors (Lipinski definition) is 3. The second kappa shape index (κ2) is 5.34. The van der Waals surface area contributed by atoms with Gasteiger partial charge in [-0.05, 0) is 17.7 Å². The largest absolute Gasteiger partial charge is 0.465 e. The van der Waals surface area contributed by atoms with Crippen LogP contribution in [-0.2, 0) is 0 Å². The van der Waals surface area contributed by atoms with Crippen LogP contribution in [0.25, 0.3) is 0 Å². The maximum absolute atomic E-state index is 10.4. The molecule has 0 aliphatic heterocycles. The van der Waals surface area contributed by atoms with Gasteiger partial charge in [-0.3, -0.25) is 5.32 Å². The Labute approximate surface area is 112 Å². The summed E-state index contributed by atoms with van der Waals surface area (Å²) in [5, 5.41) is 21.6. The fraction of sp³-hybridized carbons (Fsp3) is 0.0909. The number of aromatic nitrogens is 1. The zero-order valence-electron chi connectivity index (χ0n) is 9.00. The van der Waals surface area contributed by atoms with Crippen LogP contribution < -0.4 is 5.32 Å². The molecule has 0 saturated carbocycles. The van der Waals surface area contributed by atoms with E-state index < -0.39 is 12.2 Å². The molecule has 1 aromatic heterocycles. The number of carboxylic acid groups (broad SMARTS) is 1. The smallest absolute Gasteiger partial charge is 0.410 e. The Balaban J connectivity index is 2.18. The predicted molar refractivity (Wildman–Crippen MR) is 69.3 cm³/mol. The van der Waals surface area contributed by atoms with Crippen molar-refractivity contribution in [2.45, 2.75) is 6.10 Å². The number of nitrogens with one attached hydrogen (secondary N) is 1. The van der Waals surface area contributed by atoms with Crippen LogP contribution in [0.3, 0.4) is 0 Å². The van der Waals surface area contributed by atoms with Crippen molar-refractivity contribution in [3.05, 3.63) is 45.9 Å². The van der Waals surface area contributed by atoms with Gasteiger partial charge in [-0.15, -0.1) is 0 Å². The van der Waals surface area contributed by atoms with E-state index >= 15 is 0 Å². The highest BCUT2D eigenvalue weighted by Crippen LogP contribution is 2.29. The van der Waals surface area contributed by atoms with E-state index in [9.17, 15) is 9.90 Å². The molecule has 0 aliphatic carbocycles. The number of rotatable bonds is 3. The molecule has 0 spiro atoms. The van der Waals surface area contributed by atoms with E-state index in [1.807, 2.05) is 0 Å². The third kappa shape index (κ3) is 2.98. The summed E-state index contributed by atoms with van der Waals surface area (Å²) in [6, 6.07) is 6.77. The Morgan fingerprint density at radius 2 is 2.06 bits per heavy atom. The Morgan fingerprint density at radius 1 is 1.39 bits per heavy atom. The molecular formula is C11H9ClN2O3S. The Kier molecular flexibility index (Phi) is 3.81. The van der Waals surface area contributed by atoms with Gasteiger partial charge in [0.15, 0.2) is 5.13 Å². The lowest BCUT2D eigenvalue weighted by molar-refractivity contribution is 0.209. The summed E-state index contributed by atoms with van der Waals surface area (Å²) < 4.78 is 0. The van der Waals surface area contributed by atoms with E-state index in [1.54, 1.807) is 24.3 Å². The maximum atomic E-state index is 10.4. The van der Waals surface area contributed by atoms with E-state index in [1.165, 1.54) is 6.20 Å². The molecule has 1 unspecified atom stereocenters. The zero-order valence-corrected chi connectivity index (χ0v) is 10.6. The van der Waals surface area contributed by atoms with Gasteiger partial charge in [0.1, 0.15) is 6.10 Å². The second-order valence-corrected chi connectivity index (χ2v) is 4.95. The maximum Gasteiger partial charge on any atom is 0.410 e. The van der Waals surface area contributed by atoms with E-state index in [0.717, 1.165) is 11.3 Å². The minimum Gasteiger partial charge on any atom is -0.465 e. The normalized spacial score (nSPS) is 12.1. The quantitative estimate of drug-likeness (QED) is 0.809. The molecule has 7 heteroatoms. The van der Waals surface area contributed by atoms with Crippen molar-refractivity contribution in [3.63, 3.8) is 0 Å². The molecular weight excluding hydrogens is 276 g/mol. The molecule has 0 radical (unpaired) electrons. The van der Waals surface area contributed by atoms with Crippen LogP contribution >= 0.6 is 22.9 Å². The number of halogens is 1. The van der Waals surface area contributed by atoms with Crippen molar-refractivity contribution in [1.82, 2.24) is 4.98 Å². The molecule has 0 saturated heterocycles. The summed E-state index contributed by atoms with van der Waals surface area (Å²) in [6.07, 6.45) is -0.587. The fourth-order valence-corrected chi connectivity index (χ4v) is 2.32. The summed E-state index contributed by atoms with van der Waals surface area (Å²) in [5.41, 5.74) is 0.671. The zero-order chi connectivity index (χ0) is 13.1. The Hall–Kier alpha value is -1.63. The lowest BCUT2D eigenvalue weighted by atomic mass is 10.1. The van der Waals surface area contributed by atoms with Gasteiger partial charge >= 0.3 is 6.09 Å². The average Bonchev–Trinajstić information content (AvgIpc) is 2.76. The lowest BCUT2D eigenvalue weighted by Crippen LogP contribution is -2.06. The van der Waals surface area contributed by atoms with Gasteiger partial charge in [0.05, 0.1) is 4.88 Å². The van der Waals surface area contributed by atoms with Gasteiger partial charge in [-0.2, -0.15) is 0 Å². The number of carbonyl (C=O) groups is 1. The summed E-state index contributed by atoms with van der Waals surface area (Å²) in [6.45, 7) is 0. The van der Waals surface area contributed by atoms with Crippen LogP contribution in [0, 0.1) is 0 Å². The van der Waals surface area contributed by atoms with Crippen LogP contribution in [-0.4, -0.2) is 21.3 Å². The van der Waals surface area contributed by atoms with Crippen molar-refractivity contribution in [2.24, 2.45) is 0 Å². The average molecular weight is 285 g/mol. The standard InChI is InChI=1S/C11H9ClN2O3S/c12-7-3-1-6(2-4-7)9(15)8-5-13-10(18-8)14-11(16)17/h1-5,9,15H,(H,13,14)(H,16,17). The summed E-state index contributed by atoms with van der Waals surface area (Å²) in [7, 11) is 0. The molecule has 1 amide bonds. The van der Waals surface area contributed by atoms with Gasteiger partial charge in [-0.1, -0.05) is 35.1 Å². The minimum absolute atomic E-state index is 0.227. The SMILES string of the molecule is O=C(O)Nc1ncc(C(O)c2ccc(Cl)cc2)s1. The van der Waals surface area contributed by atoms with Gasteiger partial charge < -0.3 is 10.2 Å². The van der Waals surface area contributed by atoms with Crippen molar-refractivity contribution in [3.8, 4) is 0 Å².